The molecule has 0 radical (unpaired) electrons. The zero-order valence-electron chi connectivity index (χ0n) is 11.6. The molecule has 3 rings (SSSR count). The number of phenols is 1. The molecule has 0 aliphatic rings. The highest BCUT2D eigenvalue weighted by atomic mass is 127. The number of hydrogen-bond acceptors (Lipinski definition) is 2. The number of aromatic hydroxyl groups is 1. The Labute approximate surface area is 135 Å². The minimum atomic E-state index is -0.331. The number of para-hydroxylation sites is 1. The number of imidazole rings is 1. The van der Waals surface area contributed by atoms with Crippen molar-refractivity contribution in [1.29, 1.82) is 0 Å². The molecule has 0 aliphatic heterocycles. The molecule has 0 fully saturated rings. The molecule has 108 valence electrons. The monoisotopic (exact) mass is 396 g/mol. The lowest BCUT2D eigenvalue weighted by Gasteiger charge is -2.13. The molecule has 1 aromatic heterocycles. The Morgan fingerprint density at radius 2 is 2.00 bits per heavy atom. The first-order valence-electron chi connectivity index (χ1n) is 6.64. The Hall–Kier alpha value is -1.63. The number of hydrogen-bond donors (Lipinski definition) is 1. The van der Waals surface area contributed by atoms with Crippen molar-refractivity contribution >= 4 is 33.6 Å². The summed E-state index contributed by atoms with van der Waals surface area (Å²) in [6, 6.07) is 10.5. The third kappa shape index (κ3) is 2.39. The molecular formula is C16H14FIN2O. The fourth-order valence-corrected chi connectivity index (χ4v) is 2.80. The van der Waals surface area contributed by atoms with Gasteiger partial charge in [-0.1, -0.05) is 6.07 Å². The van der Waals surface area contributed by atoms with Crippen LogP contribution in [0.3, 0.4) is 0 Å². The first-order chi connectivity index (χ1) is 9.99. The van der Waals surface area contributed by atoms with Crippen LogP contribution in [0.1, 0.15) is 19.9 Å². The molecule has 0 atom stereocenters. The summed E-state index contributed by atoms with van der Waals surface area (Å²) in [4.78, 5) is 4.45. The number of benzene rings is 2. The van der Waals surface area contributed by atoms with Crippen molar-refractivity contribution in [2.24, 2.45) is 0 Å². The van der Waals surface area contributed by atoms with Gasteiger partial charge in [0.25, 0.3) is 0 Å². The number of aromatic nitrogens is 2. The molecule has 3 nitrogen and oxygen atoms in total. The average molecular weight is 396 g/mol. The average Bonchev–Trinajstić information content (AvgIpc) is 2.83. The lowest BCUT2D eigenvalue weighted by Crippen LogP contribution is -2.03. The van der Waals surface area contributed by atoms with E-state index in [1.165, 1.54) is 6.07 Å². The minimum Gasteiger partial charge on any atom is -0.507 e. The van der Waals surface area contributed by atoms with E-state index in [1.807, 2.05) is 36.6 Å². The smallest absolute Gasteiger partial charge is 0.151 e. The van der Waals surface area contributed by atoms with Gasteiger partial charge < -0.3 is 9.67 Å². The standard InChI is InChI=1S/C16H14FIN2O/c1-9(2)20-13-5-3-4-11(17)15(13)19-16(20)10-6-7-12(18)14(21)8-10/h3-9,21H,1-2H3. The van der Waals surface area contributed by atoms with Gasteiger partial charge in [0.05, 0.1) is 9.09 Å². The minimum absolute atomic E-state index is 0.133. The third-order valence-electron chi connectivity index (χ3n) is 3.39. The molecule has 0 saturated heterocycles. The molecule has 0 aliphatic carbocycles. The van der Waals surface area contributed by atoms with Gasteiger partial charge in [0.15, 0.2) is 5.82 Å². The summed E-state index contributed by atoms with van der Waals surface area (Å²) in [5.74, 6) is 0.538. The molecule has 0 amide bonds. The van der Waals surface area contributed by atoms with Gasteiger partial charge in [0.1, 0.15) is 17.1 Å². The van der Waals surface area contributed by atoms with Crippen molar-refractivity contribution < 1.29 is 9.50 Å². The van der Waals surface area contributed by atoms with Gasteiger partial charge in [-0.2, -0.15) is 0 Å². The summed E-state index contributed by atoms with van der Waals surface area (Å²) >= 11 is 2.06. The molecular weight excluding hydrogens is 382 g/mol. The van der Waals surface area contributed by atoms with E-state index in [0.717, 1.165) is 14.7 Å². The first kappa shape index (κ1) is 14.3. The van der Waals surface area contributed by atoms with Crippen molar-refractivity contribution in [2.75, 3.05) is 0 Å². The number of phenolic OH excluding ortho intramolecular Hbond substituents is 1. The lowest BCUT2D eigenvalue weighted by molar-refractivity contribution is 0.471. The Bertz CT molecular complexity index is 827. The van der Waals surface area contributed by atoms with E-state index in [-0.39, 0.29) is 17.6 Å². The Morgan fingerprint density at radius 1 is 1.24 bits per heavy atom. The van der Waals surface area contributed by atoms with E-state index >= 15 is 0 Å². The van der Waals surface area contributed by atoms with Crippen LogP contribution in [0, 0.1) is 9.39 Å². The summed E-state index contributed by atoms with van der Waals surface area (Å²) in [6.45, 7) is 4.06. The predicted molar refractivity (Wildman–Crippen MR) is 89.9 cm³/mol. The van der Waals surface area contributed by atoms with Crippen LogP contribution in [-0.2, 0) is 0 Å². The molecule has 0 spiro atoms. The lowest BCUT2D eigenvalue weighted by atomic mass is 10.2. The zero-order valence-corrected chi connectivity index (χ0v) is 13.8. The highest BCUT2D eigenvalue weighted by Gasteiger charge is 2.17. The van der Waals surface area contributed by atoms with Crippen molar-refractivity contribution in [2.45, 2.75) is 19.9 Å². The summed E-state index contributed by atoms with van der Waals surface area (Å²) in [5, 5.41) is 9.90. The second-order valence-corrected chi connectivity index (χ2v) is 6.34. The second kappa shape index (κ2) is 5.29. The van der Waals surface area contributed by atoms with E-state index < -0.39 is 0 Å². The normalized spacial score (nSPS) is 11.5. The fourth-order valence-electron chi connectivity index (χ4n) is 2.46. The van der Waals surface area contributed by atoms with Crippen LogP contribution in [0.2, 0.25) is 0 Å². The fraction of sp³-hybridized carbons (Fsp3) is 0.188. The van der Waals surface area contributed by atoms with Crippen molar-refractivity contribution in [3.63, 3.8) is 0 Å². The molecule has 0 unspecified atom stereocenters. The van der Waals surface area contributed by atoms with Crippen LogP contribution in [-0.4, -0.2) is 14.7 Å². The predicted octanol–water partition coefficient (Wildman–Crippen LogP) is 4.73. The number of halogens is 2. The van der Waals surface area contributed by atoms with Gasteiger partial charge in [-0.25, -0.2) is 9.37 Å². The van der Waals surface area contributed by atoms with E-state index in [1.54, 1.807) is 12.1 Å². The van der Waals surface area contributed by atoms with Gasteiger partial charge in [-0.05, 0) is 66.8 Å². The number of fused-ring (bicyclic) bond motifs is 1. The SMILES string of the molecule is CC(C)n1c(-c2ccc(I)c(O)c2)nc2c(F)cccc21. The van der Waals surface area contributed by atoms with Crippen molar-refractivity contribution in [3.05, 3.63) is 45.8 Å². The van der Waals surface area contributed by atoms with Gasteiger partial charge in [-0.15, -0.1) is 0 Å². The topological polar surface area (TPSA) is 38.0 Å². The van der Waals surface area contributed by atoms with Crippen LogP contribution in [0.25, 0.3) is 22.4 Å². The molecule has 0 saturated carbocycles. The number of rotatable bonds is 2. The van der Waals surface area contributed by atoms with E-state index in [9.17, 15) is 9.50 Å². The first-order valence-corrected chi connectivity index (χ1v) is 7.72. The summed E-state index contributed by atoms with van der Waals surface area (Å²) in [5.41, 5.74) is 1.90. The maximum atomic E-state index is 14.0. The largest absolute Gasteiger partial charge is 0.507 e. The van der Waals surface area contributed by atoms with E-state index in [0.29, 0.717) is 11.3 Å². The van der Waals surface area contributed by atoms with Crippen LogP contribution < -0.4 is 0 Å². The molecule has 21 heavy (non-hydrogen) atoms. The van der Waals surface area contributed by atoms with E-state index in [2.05, 4.69) is 27.6 Å². The third-order valence-corrected chi connectivity index (χ3v) is 4.30. The van der Waals surface area contributed by atoms with Crippen molar-refractivity contribution in [3.8, 4) is 17.1 Å². The van der Waals surface area contributed by atoms with Crippen LogP contribution in [0.5, 0.6) is 5.75 Å². The Kier molecular flexibility index (Phi) is 3.61. The van der Waals surface area contributed by atoms with Crippen LogP contribution >= 0.6 is 22.6 Å². The van der Waals surface area contributed by atoms with Gasteiger partial charge in [0, 0.05) is 11.6 Å². The molecule has 0 bridgehead atoms. The quantitative estimate of drug-likeness (QED) is 0.636. The molecule has 5 heteroatoms. The summed E-state index contributed by atoms with van der Waals surface area (Å²) < 4.78 is 16.7. The van der Waals surface area contributed by atoms with Crippen molar-refractivity contribution in [1.82, 2.24) is 9.55 Å². The molecule has 2 aromatic carbocycles. The number of nitrogens with zero attached hydrogens (tertiary/aromatic N) is 2. The van der Waals surface area contributed by atoms with Gasteiger partial charge >= 0.3 is 0 Å². The Balaban J connectivity index is 2.33. The van der Waals surface area contributed by atoms with Crippen LogP contribution in [0.4, 0.5) is 4.39 Å². The second-order valence-electron chi connectivity index (χ2n) is 5.17. The Morgan fingerprint density at radius 3 is 2.67 bits per heavy atom. The zero-order chi connectivity index (χ0) is 15.1. The molecule has 1 heterocycles. The van der Waals surface area contributed by atoms with Gasteiger partial charge in [-0.3, -0.25) is 0 Å². The molecule has 3 aromatic rings. The maximum absolute atomic E-state index is 14.0. The summed E-state index contributed by atoms with van der Waals surface area (Å²) in [7, 11) is 0. The highest BCUT2D eigenvalue weighted by molar-refractivity contribution is 14.1. The highest BCUT2D eigenvalue weighted by Crippen LogP contribution is 2.32. The summed E-state index contributed by atoms with van der Waals surface area (Å²) in [6.07, 6.45) is 0. The molecule has 1 N–H and O–H groups in total. The van der Waals surface area contributed by atoms with Crippen LogP contribution in [0.15, 0.2) is 36.4 Å². The van der Waals surface area contributed by atoms with Gasteiger partial charge in [0.2, 0.25) is 0 Å². The van der Waals surface area contributed by atoms with E-state index in [4.69, 9.17) is 0 Å². The maximum Gasteiger partial charge on any atom is 0.151 e.